The standard InChI is InChI=1S/C27H52N4/c1-7-9-10-21-11-12-22-24-14-13-23(19(3)18-31(29)30-20(4)28)27(24,6)17-15-25(22)26(21,5)16-8-2/h19,21-25H,7-18,29H2,1-6H3,(H2,28,30). The van der Waals surface area contributed by atoms with E-state index in [1.165, 1.54) is 70.6 Å². The molecule has 0 aromatic heterocycles. The summed E-state index contributed by atoms with van der Waals surface area (Å²) < 4.78 is 0. The number of nitrogens with zero attached hydrogens (tertiary/aromatic N) is 2. The Labute approximate surface area is 192 Å². The van der Waals surface area contributed by atoms with Gasteiger partial charge in [0, 0.05) is 0 Å². The number of hydrogen-bond acceptors (Lipinski definition) is 3. The molecular weight excluding hydrogens is 380 g/mol. The fourth-order valence-corrected chi connectivity index (χ4v) is 9.03. The Hall–Kier alpha value is -0.770. The fraction of sp³-hybridized carbons (Fsp3) is 0.963. The lowest BCUT2D eigenvalue weighted by molar-refractivity contribution is -0.106. The van der Waals surface area contributed by atoms with Crippen LogP contribution in [0.2, 0.25) is 0 Å². The molecule has 0 amide bonds. The van der Waals surface area contributed by atoms with Crippen LogP contribution in [-0.4, -0.2) is 17.5 Å². The largest absolute Gasteiger partial charge is 0.386 e. The Balaban J connectivity index is 1.76. The Kier molecular flexibility index (Phi) is 8.03. The van der Waals surface area contributed by atoms with Gasteiger partial charge in [0.15, 0.2) is 0 Å². The molecule has 8 atom stereocenters. The highest BCUT2D eigenvalue weighted by Gasteiger charge is 2.59. The third-order valence-electron chi connectivity index (χ3n) is 10.3. The van der Waals surface area contributed by atoms with Gasteiger partial charge < -0.3 is 5.73 Å². The highest BCUT2D eigenvalue weighted by atomic mass is 15.6. The molecule has 0 aromatic carbocycles. The van der Waals surface area contributed by atoms with Crippen molar-refractivity contribution in [2.24, 2.45) is 63.0 Å². The molecule has 3 saturated carbocycles. The van der Waals surface area contributed by atoms with Crippen LogP contribution in [0.15, 0.2) is 5.10 Å². The topological polar surface area (TPSA) is 67.6 Å². The molecule has 8 unspecified atom stereocenters. The number of amidine groups is 1. The first kappa shape index (κ1) is 24.9. The second kappa shape index (κ2) is 10.0. The van der Waals surface area contributed by atoms with E-state index in [0.29, 0.717) is 22.6 Å². The molecule has 3 aliphatic carbocycles. The van der Waals surface area contributed by atoms with E-state index in [4.69, 9.17) is 11.6 Å². The first-order valence-corrected chi connectivity index (χ1v) is 13.5. The lowest BCUT2D eigenvalue weighted by atomic mass is 9.45. The van der Waals surface area contributed by atoms with Gasteiger partial charge in [-0.15, -0.1) is 5.10 Å². The van der Waals surface area contributed by atoms with E-state index < -0.39 is 0 Å². The molecule has 4 N–H and O–H groups in total. The summed E-state index contributed by atoms with van der Waals surface area (Å²) in [5.41, 5.74) is 6.79. The maximum absolute atomic E-state index is 6.15. The summed E-state index contributed by atoms with van der Waals surface area (Å²) >= 11 is 0. The van der Waals surface area contributed by atoms with Crippen molar-refractivity contribution in [1.82, 2.24) is 5.12 Å². The van der Waals surface area contributed by atoms with Crippen molar-refractivity contribution < 1.29 is 0 Å². The van der Waals surface area contributed by atoms with E-state index in [2.05, 4.69) is 39.7 Å². The van der Waals surface area contributed by atoms with Crippen molar-refractivity contribution >= 4 is 5.84 Å². The molecule has 3 fully saturated rings. The van der Waals surface area contributed by atoms with E-state index in [0.717, 1.165) is 36.1 Å². The zero-order valence-electron chi connectivity index (χ0n) is 21.5. The second-order valence-corrected chi connectivity index (χ2v) is 12.1. The number of hydrazine groups is 1. The van der Waals surface area contributed by atoms with Gasteiger partial charge in [0.05, 0.1) is 6.54 Å². The van der Waals surface area contributed by atoms with E-state index >= 15 is 0 Å². The molecule has 0 spiro atoms. The Morgan fingerprint density at radius 2 is 1.81 bits per heavy atom. The molecule has 0 saturated heterocycles. The van der Waals surface area contributed by atoms with Crippen molar-refractivity contribution in [3.05, 3.63) is 0 Å². The van der Waals surface area contributed by atoms with E-state index in [9.17, 15) is 0 Å². The third-order valence-corrected chi connectivity index (χ3v) is 10.3. The SMILES string of the molecule is CCCCC1CCC2C(CCC3(C)C(C(C)CN(N)/N=C(/C)N)CCC23)C1(C)CCC. The molecule has 3 aliphatic rings. The van der Waals surface area contributed by atoms with Crippen LogP contribution < -0.4 is 11.6 Å². The first-order chi connectivity index (χ1) is 14.7. The van der Waals surface area contributed by atoms with Crippen LogP contribution in [-0.2, 0) is 0 Å². The fourth-order valence-electron chi connectivity index (χ4n) is 9.03. The number of fused-ring (bicyclic) bond motifs is 3. The summed E-state index contributed by atoms with van der Waals surface area (Å²) in [6.45, 7) is 15.1. The number of nitrogens with two attached hydrogens (primary N) is 2. The summed E-state index contributed by atoms with van der Waals surface area (Å²) in [4.78, 5) is 0. The van der Waals surface area contributed by atoms with Crippen molar-refractivity contribution in [2.45, 2.75) is 112 Å². The molecule has 0 aliphatic heterocycles. The van der Waals surface area contributed by atoms with Crippen molar-refractivity contribution in [1.29, 1.82) is 0 Å². The molecule has 31 heavy (non-hydrogen) atoms. The molecule has 3 rings (SSSR count). The minimum Gasteiger partial charge on any atom is -0.386 e. The monoisotopic (exact) mass is 432 g/mol. The van der Waals surface area contributed by atoms with Gasteiger partial charge in [-0.2, -0.15) is 0 Å². The predicted molar refractivity (Wildman–Crippen MR) is 133 cm³/mol. The minimum absolute atomic E-state index is 0.478. The van der Waals surface area contributed by atoms with Crippen LogP contribution in [0.3, 0.4) is 0 Å². The van der Waals surface area contributed by atoms with Gasteiger partial charge in [-0.1, -0.05) is 53.9 Å². The normalized spacial score (nSPS) is 41.5. The van der Waals surface area contributed by atoms with Crippen LogP contribution in [0.4, 0.5) is 0 Å². The van der Waals surface area contributed by atoms with Gasteiger partial charge in [0.2, 0.25) is 0 Å². The first-order valence-electron chi connectivity index (χ1n) is 13.5. The van der Waals surface area contributed by atoms with Crippen LogP contribution in [0.1, 0.15) is 112 Å². The molecular formula is C27H52N4. The maximum atomic E-state index is 6.15. The van der Waals surface area contributed by atoms with Crippen LogP contribution in [0.5, 0.6) is 0 Å². The van der Waals surface area contributed by atoms with Crippen molar-refractivity contribution in [3.63, 3.8) is 0 Å². The number of hydrogen-bond donors (Lipinski definition) is 2. The number of unbranched alkanes of at least 4 members (excludes halogenated alkanes) is 1. The average Bonchev–Trinajstić information content (AvgIpc) is 3.04. The van der Waals surface area contributed by atoms with Gasteiger partial charge in [-0.25, -0.2) is 11.0 Å². The average molecular weight is 433 g/mol. The summed E-state index contributed by atoms with van der Waals surface area (Å²) in [6.07, 6.45) is 15.6. The van der Waals surface area contributed by atoms with Gasteiger partial charge in [-0.05, 0) is 105 Å². The zero-order valence-corrected chi connectivity index (χ0v) is 21.5. The lowest BCUT2D eigenvalue weighted by Gasteiger charge is -2.60. The summed E-state index contributed by atoms with van der Waals surface area (Å²) in [5, 5.41) is 5.84. The number of rotatable bonds is 9. The summed E-state index contributed by atoms with van der Waals surface area (Å²) in [5.74, 6) is 11.8. The highest BCUT2D eigenvalue weighted by Crippen LogP contribution is 2.67. The Bertz CT molecular complexity index is 614. The molecule has 4 heteroatoms. The maximum Gasteiger partial charge on any atom is 0.118 e. The van der Waals surface area contributed by atoms with Gasteiger partial charge in [-0.3, -0.25) is 0 Å². The molecule has 4 nitrogen and oxygen atoms in total. The highest BCUT2D eigenvalue weighted by molar-refractivity contribution is 5.77. The molecule has 0 heterocycles. The molecule has 0 aromatic rings. The van der Waals surface area contributed by atoms with Crippen LogP contribution in [0.25, 0.3) is 0 Å². The minimum atomic E-state index is 0.478. The number of hydrazone groups is 1. The van der Waals surface area contributed by atoms with Crippen molar-refractivity contribution in [3.8, 4) is 0 Å². The van der Waals surface area contributed by atoms with E-state index in [-0.39, 0.29) is 0 Å². The van der Waals surface area contributed by atoms with Crippen LogP contribution in [0, 0.1) is 46.3 Å². The Morgan fingerprint density at radius 3 is 2.45 bits per heavy atom. The zero-order chi connectivity index (χ0) is 22.8. The van der Waals surface area contributed by atoms with Gasteiger partial charge in [0.25, 0.3) is 0 Å². The Morgan fingerprint density at radius 1 is 1.06 bits per heavy atom. The van der Waals surface area contributed by atoms with Crippen LogP contribution >= 0.6 is 0 Å². The quantitative estimate of drug-likeness (QED) is 0.188. The summed E-state index contributed by atoms with van der Waals surface area (Å²) in [7, 11) is 0. The smallest absolute Gasteiger partial charge is 0.118 e. The third kappa shape index (κ3) is 4.80. The molecule has 0 bridgehead atoms. The lowest BCUT2D eigenvalue weighted by Crippen LogP contribution is -2.52. The van der Waals surface area contributed by atoms with E-state index in [1.54, 1.807) is 5.12 Å². The van der Waals surface area contributed by atoms with Gasteiger partial charge >= 0.3 is 0 Å². The predicted octanol–water partition coefficient (Wildman–Crippen LogP) is 6.56. The van der Waals surface area contributed by atoms with E-state index in [1.807, 2.05) is 6.92 Å². The van der Waals surface area contributed by atoms with Gasteiger partial charge in [0.1, 0.15) is 5.84 Å². The van der Waals surface area contributed by atoms with Crippen molar-refractivity contribution in [2.75, 3.05) is 6.54 Å². The summed E-state index contributed by atoms with van der Waals surface area (Å²) in [6, 6.07) is 0. The second-order valence-electron chi connectivity index (χ2n) is 12.1. The molecule has 0 radical (unpaired) electrons. The molecule has 180 valence electrons.